The van der Waals surface area contributed by atoms with Crippen molar-refractivity contribution in [1.29, 1.82) is 0 Å². The van der Waals surface area contributed by atoms with Gasteiger partial charge >= 0.3 is 6.18 Å². The van der Waals surface area contributed by atoms with Gasteiger partial charge in [-0.3, -0.25) is 4.72 Å². The fourth-order valence-corrected chi connectivity index (χ4v) is 4.34. The number of alkyl halides is 3. The maximum atomic E-state index is 12.9. The second-order valence-corrected chi connectivity index (χ2v) is 8.75. The van der Waals surface area contributed by atoms with Crippen LogP contribution >= 0.6 is 0 Å². The summed E-state index contributed by atoms with van der Waals surface area (Å²) in [5, 5.41) is 0. The van der Waals surface area contributed by atoms with Gasteiger partial charge in [-0.15, -0.1) is 0 Å². The van der Waals surface area contributed by atoms with E-state index in [1.165, 1.54) is 12.4 Å². The van der Waals surface area contributed by atoms with Gasteiger partial charge in [-0.05, 0) is 30.3 Å². The minimum absolute atomic E-state index is 0.0540. The topological polar surface area (TPSA) is 91.3 Å². The summed E-state index contributed by atoms with van der Waals surface area (Å²) in [5.41, 5.74) is -0.991. The maximum Gasteiger partial charge on any atom is 0.416 e. The summed E-state index contributed by atoms with van der Waals surface area (Å²) >= 11 is 0. The predicted molar refractivity (Wildman–Crippen MR) is 113 cm³/mol. The molecule has 1 aromatic carbocycles. The second kappa shape index (κ2) is 8.61. The summed E-state index contributed by atoms with van der Waals surface area (Å²) in [6, 6.07) is 9.25. The summed E-state index contributed by atoms with van der Waals surface area (Å²) < 4.78 is 65.8. The molecule has 1 fully saturated rings. The van der Waals surface area contributed by atoms with Crippen LogP contribution in [0.15, 0.2) is 66.0 Å². The average molecular weight is 464 g/mol. The Kier molecular flexibility index (Phi) is 5.87. The first-order valence-corrected chi connectivity index (χ1v) is 11.1. The Labute approximate surface area is 182 Å². The summed E-state index contributed by atoms with van der Waals surface area (Å²) in [5.74, 6) is 1.33. The highest BCUT2D eigenvalue weighted by atomic mass is 32.2. The molecule has 0 atom stereocenters. The lowest BCUT2D eigenvalue weighted by Crippen LogP contribution is -2.47. The van der Waals surface area contributed by atoms with Gasteiger partial charge in [-0.1, -0.05) is 12.1 Å². The van der Waals surface area contributed by atoms with E-state index in [9.17, 15) is 21.6 Å². The molecule has 1 aliphatic rings. The molecule has 168 valence electrons. The summed E-state index contributed by atoms with van der Waals surface area (Å²) in [4.78, 5) is 16.4. The van der Waals surface area contributed by atoms with Crippen molar-refractivity contribution in [1.82, 2.24) is 15.0 Å². The number of sulfonamides is 1. The zero-order valence-electron chi connectivity index (χ0n) is 16.7. The molecular weight excluding hydrogens is 445 g/mol. The van der Waals surface area contributed by atoms with Crippen LogP contribution in [0.5, 0.6) is 0 Å². The van der Waals surface area contributed by atoms with Gasteiger partial charge in [0.15, 0.2) is 0 Å². The van der Waals surface area contributed by atoms with Crippen molar-refractivity contribution in [2.45, 2.75) is 11.1 Å². The number of benzene rings is 1. The number of halogens is 3. The van der Waals surface area contributed by atoms with E-state index in [-0.39, 0.29) is 5.69 Å². The fraction of sp³-hybridized carbons (Fsp3) is 0.250. The van der Waals surface area contributed by atoms with E-state index in [4.69, 9.17) is 0 Å². The summed E-state index contributed by atoms with van der Waals surface area (Å²) in [7, 11) is -4.23. The van der Waals surface area contributed by atoms with Gasteiger partial charge in [-0.2, -0.15) is 13.2 Å². The molecule has 0 saturated carbocycles. The smallest absolute Gasteiger partial charge is 0.353 e. The van der Waals surface area contributed by atoms with E-state index in [1.54, 1.807) is 6.20 Å². The lowest BCUT2D eigenvalue weighted by Gasteiger charge is -2.35. The van der Waals surface area contributed by atoms with Crippen LogP contribution in [0.25, 0.3) is 0 Å². The Hall–Kier alpha value is -3.41. The number of pyridine rings is 1. The largest absolute Gasteiger partial charge is 0.416 e. The highest BCUT2D eigenvalue weighted by Gasteiger charge is 2.31. The number of nitrogens with one attached hydrogen (secondary N) is 1. The van der Waals surface area contributed by atoms with Gasteiger partial charge in [0, 0.05) is 32.4 Å². The molecule has 4 rings (SSSR count). The number of hydrogen-bond donors (Lipinski definition) is 1. The molecule has 2 aromatic heterocycles. The number of nitrogens with zero attached hydrogens (tertiary/aromatic N) is 5. The molecule has 8 nitrogen and oxygen atoms in total. The first kappa shape index (κ1) is 21.8. The van der Waals surface area contributed by atoms with E-state index >= 15 is 0 Å². The summed E-state index contributed by atoms with van der Waals surface area (Å²) in [6.45, 7) is 2.77. The number of rotatable bonds is 5. The first-order chi connectivity index (χ1) is 15.2. The molecule has 0 amide bonds. The van der Waals surface area contributed by atoms with Gasteiger partial charge in [0.2, 0.25) is 5.95 Å². The summed E-state index contributed by atoms with van der Waals surface area (Å²) in [6.07, 6.45) is -0.321. The second-order valence-electron chi connectivity index (χ2n) is 7.06. The van der Waals surface area contributed by atoms with Crippen LogP contribution in [0.1, 0.15) is 5.56 Å². The van der Waals surface area contributed by atoms with E-state index in [1.807, 2.05) is 23.1 Å². The number of anilines is 3. The zero-order chi connectivity index (χ0) is 22.8. The Balaban J connectivity index is 1.41. The first-order valence-electron chi connectivity index (χ1n) is 9.65. The third-order valence-corrected chi connectivity index (χ3v) is 6.28. The Morgan fingerprint density at radius 3 is 2.19 bits per heavy atom. The molecule has 3 aromatic rings. The van der Waals surface area contributed by atoms with Gasteiger partial charge < -0.3 is 9.80 Å². The molecule has 1 aliphatic heterocycles. The number of hydrogen-bond acceptors (Lipinski definition) is 7. The van der Waals surface area contributed by atoms with Crippen molar-refractivity contribution in [3.63, 3.8) is 0 Å². The molecule has 32 heavy (non-hydrogen) atoms. The fourth-order valence-electron chi connectivity index (χ4n) is 3.27. The molecule has 3 heterocycles. The Morgan fingerprint density at radius 2 is 1.56 bits per heavy atom. The van der Waals surface area contributed by atoms with Crippen LogP contribution in [0.2, 0.25) is 0 Å². The molecule has 0 radical (unpaired) electrons. The van der Waals surface area contributed by atoms with Crippen LogP contribution in [0.4, 0.5) is 30.6 Å². The molecule has 0 spiro atoms. The van der Waals surface area contributed by atoms with Crippen LogP contribution in [0, 0.1) is 0 Å². The van der Waals surface area contributed by atoms with Crippen LogP contribution in [-0.4, -0.2) is 49.5 Å². The molecule has 1 saturated heterocycles. The highest BCUT2D eigenvalue weighted by Crippen LogP contribution is 2.30. The monoisotopic (exact) mass is 464 g/mol. The third-order valence-electron chi connectivity index (χ3n) is 4.90. The lowest BCUT2D eigenvalue weighted by atomic mass is 10.2. The van der Waals surface area contributed by atoms with Crippen molar-refractivity contribution >= 4 is 27.5 Å². The third kappa shape index (κ3) is 4.90. The van der Waals surface area contributed by atoms with Crippen LogP contribution < -0.4 is 14.5 Å². The van der Waals surface area contributed by atoms with Crippen molar-refractivity contribution in [2.24, 2.45) is 0 Å². The minimum atomic E-state index is -4.64. The quantitative estimate of drug-likeness (QED) is 0.621. The van der Waals surface area contributed by atoms with E-state index in [0.29, 0.717) is 25.1 Å². The lowest BCUT2D eigenvalue weighted by molar-refractivity contribution is -0.137. The van der Waals surface area contributed by atoms with E-state index < -0.39 is 26.7 Å². The molecule has 0 bridgehead atoms. The van der Waals surface area contributed by atoms with Crippen molar-refractivity contribution < 1.29 is 21.6 Å². The van der Waals surface area contributed by atoms with E-state index in [0.717, 1.165) is 37.1 Å². The molecule has 0 aliphatic carbocycles. The van der Waals surface area contributed by atoms with Crippen LogP contribution in [-0.2, 0) is 16.2 Å². The average Bonchev–Trinajstić information content (AvgIpc) is 2.80. The Morgan fingerprint density at radius 1 is 0.875 bits per heavy atom. The maximum absolute atomic E-state index is 12.9. The highest BCUT2D eigenvalue weighted by molar-refractivity contribution is 7.92. The number of aromatic nitrogens is 3. The van der Waals surface area contributed by atoms with E-state index in [2.05, 4.69) is 24.6 Å². The molecular formula is C20H19F3N6O2S. The van der Waals surface area contributed by atoms with Gasteiger partial charge in [-0.25, -0.2) is 23.4 Å². The van der Waals surface area contributed by atoms with Gasteiger partial charge in [0.1, 0.15) is 5.82 Å². The van der Waals surface area contributed by atoms with Crippen molar-refractivity contribution in [3.05, 3.63) is 66.6 Å². The van der Waals surface area contributed by atoms with Crippen molar-refractivity contribution in [2.75, 3.05) is 40.7 Å². The minimum Gasteiger partial charge on any atom is -0.353 e. The van der Waals surface area contributed by atoms with Gasteiger partial charge in [0.05, 0.1) is 28.5 Å². The normalized spacial score (nSPS) is 15.0. The SMILES string of the molecule is O=S(=O)(Nc1cnc(N2CCN(c3ccccn3)CC2)nc1)c1cccc(C(F)(F)F)c1. The zero-order valence-corrected chi connectivity index (χ0v) is 17.5. The number of piperazine rings is 1. The molecule has 0 unspecified atom stereocenters. The predicted octanol–water partition coefficient (Wildman–Crippen LogP) is 3.02. The molecule has 1 N–H and O–H groups in total. The standard InChI is InChI=1S/C20H19F3N6O2S/c21-20(22,23)15-4-3-5-17(12-15)32(30,31)27-16-13-25-19(26-14-16)29-10-8-28(9-11-29)18-6-1-2-7-24-18/h1-7,12-14,27H,8-11H2. The van der Waals surface area contributed by atoms with Crippen LogP contribution in [0.3, 0.4) is 0 Å². The molecule has 12 heteroatoms. The Bertz CT molecular complexity index is 1170. The van der Waals surface area contributed by atoms with Crippen molar-refractivity contribution in [3.8, 4) is 0 Å². The van der Waals surface area contributed by atoms with Gasteiger partial charge in [0.25, 0.3) is 10.0 Å².